The van der Waals surface area contributed by atoms with E-state index >= 15 is 0 Å². The van der Waals surface area contributed by atoms with Gasteiger partial charge in [-0.3, -0.25) is 0 Å². The molecule has 18 heavy (non-hydrogen) atoms. The second kappa shape index (κ2) is 4.78. The maximum atomic E-state index is 9.97. The van der Waals surface area contributed by atoms with Crippen LogP contribution >= 0.6 is 0 Å². The molecule has 0 bridgehead atoms. The average Bonchev–Trinajstić information content (AvgIpc) is 2.36. The molecule has 96 valence electrons. The van der Waals surface area contributed by atoms with Crippen LogP contribution < -0.4 is 11.1 Å². The number of rotatable bonds is 4. The van der Waals surface area contributed by atoms with Gasteiger partial charge in [-0.1, -0.05) is 6.92 Å². The molecule has 5 nitrogen and oxygen atoms in total. The first-order valence-corrected chi connectivity index (χ1v) is 5.98. The van der Waals surface area contributed by atoms with Crippen molar-refractivity contribution in [2.24, 2.45) is 0 Å². The van der Waals surface area contributed by atoms with Gasteiger partial charge in [-0.2, -0.15) is 0 Å². The number of fused-ring (bicyclic) bond motifs is 1. The van der Waals surface area contributed by atoms with E-state index in [1.165, 1.54) is 6.33 Å². The predicted octanol–water partition coefficient (Wildman–Crippen LogP) is 1.78. The molecule has 2 aromatic rings. The maximum Gasteiger partial charge on any atom is 0.137 e. The molecular formula is C13H18N4O. The van der Waals surface area contributed by atoms with Crippen molar-refractivity contribution in [2.75, 3.05) is 17.6 Å². The Balaban J connectivity index is 2.29. The molecule has 0 fully saturated rings. The van der Waals surface area contributed by atoms with E-state index in [0.717, 1.165) is 10.9 Å². The molecule has 0 spiro atoms. The summed E-state index contributed by atoms with van der Waals surface area (Å²) in [4.78, 5) is 8.37. The number of nitrogens with one attached hydrogen (secondary N) is 1. The Hall–Kier alpha value is -1.88. The van der Waals surface area contributed by atoms with E-state index in [2.05, 4.69) is 15.3 Å². The standard InChI is InChI=1S/C13H18N4O/c1-3-13(2,18)7-15-12-10-5-4-9(14)6-11(10)16-8-17-12/h4-6,8,18H,3,7,14H2,1-2H3,(H,15,16,17). The lowest BCUT2D eigenvalue weighted by Crippen LogP contribution is -2.32. The van der Waals surface area contributed by atoms with Crippen LogP contribution in [-0.4, -0.2) is 27.2 Å². The molecule has 1 heterocycles. The summed E-state index contributed by atoms with van der Waals surface area (Å²) in [7, 11) is 0. The monoisotopic (exact) mass is 246 g/mol. The van der Waals surface area contributed by atoms with E-state index in [1.807, 2.05) is 19.1 Å². The van der Waals surface area contributed by atoms with Crippen LogP contribution in [0.2, 0.25) is 0 Å². The van der Waals surface area contributed by atoms with Gasteiger partial charge in [-0.25, -0.2) is 9.97 Å². The minimum absolute atomic E-state index is 0.444. The second-order valence-corrected chi connectivity index (χ2v) is 4.70. The van der Waals surface area contributed by atoms with Gasteiger partial charge in [0.1, 0.15) is 12.1 Å². The summed E-state index contributed by atoms with van der Waals surface area (Å²) in [6, 6.07) is 5.50. The maximum absolute atomic E-state index is 9.97. The Bertz CT molecular complexity index is 554. The predicted molar refractivity (Wildman–Crippen MR) is 73.4 cm³/mol. The Kier molecular flexibility index (Phi) is 3.34. The van der Waals surface area contributed by atoms with Gasteiger partial charge < -0.3 is 16.2 Å². The highest BCUT2D eigenvalue weighted by Gasteiger charge is 2.17. The number of nitrogen functional groups attached to an aromatic ring is 1. The SMILES string of the molecule is CCC(C)(O)CNc1ncnc2cc(N)ccc12. The molecule has 0 amide bonds. The van der Waals surface area contributed by atoms with Crippen LogP contribution in [-0.2, 0) is 0 Å². The van der Waals surface area contributed by atoms with Gasteiger partial charge in [0.25, 0.3) is 0 Å². The minimum atomic E-state index is -0.745. The smallest absolute Gasteiger partial charge is 0.137 e. The number of aromatic nitrogens is 2. The number of hydrogen-bond acceptors (Lipinski definition) is 5. The van der Waals surface area contributed by atoms with E-state index < -0.39 is 5.60 Å². The zero-order valence-electron chi connectivity index (χ0n) is 10.6. The molecule has 0 aliphatic rings. The van der Waals surface area contributed by atoms with Gasteiger partial charge in [0, 0.05) is 17.6 Å². The Morgan fingerprint density at radius 3 is 2.89 bits per heavy atom. The third-order valence-corrected chi connectivity index (χ3v) is 3.06. The summed E-state index contributed by atoms with van der Waals surface area (Å²) >= 11 is 0. The number of nitrogens with two attached hydrogens (primary N) is 1. The normalized spacial score (nSPS) is 14.4. The highest BCUT2D eigenvalue weighted by molar-refractivity contribution is 5.90. The fourth-order valence-corrected chi connectivity index (χ4v) is 1.61. The molecule has 1 aromatic carbocycles. The van der Waals surface area contributed by atoms with Crippen molar-refractivity contribution in [3.8, 4) is 0 Å². The third kappa shape index (κ3) is 2.68. The van der Waals surface area contributed by atoms with Gasteiger partial charge in [0.2, 0.25) is 0 Å². The van der Waals surface area contributed by atoms with Crippen LogP contribution in [0.5, 0.6) is 0 Å². The minimum Gasteiger partial charge on any atom is -0.399 e. The van der Waals surface area contributed by atoms with Crippen LogP contribution in [0.1, 0.15) is 20.3 Å². The van der Waals surface area contributed by atoms with Crippen molar-refractivity contribution in [2.45, 2.75) is 25.9 Å². The lowest BCUT2D eigenvalue weighted by atomic mass is 10.0. The number of hydrogen-bond donors (Lipinski definition) is 3. The third-order valence-electron chi connectivity index (χ3n) is 3.06. The number of nitrogens with zero attached hydrogens (tertiary/aromatic N) is 2. The van der Waals surface area contributed by atoms with Crippen molar-refractivity contribution in [3.05, 3.63) is 24.5 Å². The van der Waals surface area contributed by atoms with Gasteiger partial charge in [0.05, 0.1) is 11.1 Å². The van der Waals surface area contributed by atoms with Crippen molar-refractivity contribution in [3.63, 3.8) is 0 Å². The number of benzene rings is 1. The van der Waals surface area contributed by atoms with Crippen LogP contribution in [0.4, 0.5) is 11.5 Å². The summed E-state index contributed by atoms with van der Waals surface area (Å²) in [5.74, 6) is 0.716. The first-order chi connectivity index (χ1) is 8.52. The summed E-state index contributed by atoms with van der Waals surface area (Å²) in [6.45, 7) is 4.18. The van der Waals surface area contributed by atoms with Gasteiger partial charge in [-0.15, -0.1) is 0 Å². The first-order valence-electron chi connectivity index (χ1n) is 5.98. The Labute approximate surface area is 106 Å². The van der Waals surface area contributed by atoms with Crippen molar-refractivity contribution in [1.29, 1.82) is 0 Å². The lowest BCUT2D eigenvalue weighted by Gasteiger charge is -2.22. The van der Waals surface area contributed by atoms with Crippen LogP contribution in [0.3, 0.4) is 0 Å². The summed E-state index contributed by atoms with van der Waals surface area (Å²) in [5, 5.41) is 14.0. The molecule has 4 N–H and O–H groups in total. The average molecular weight is 246 g/mol. The van der Waals surface area contributed by atoms with Gasteiger partial charge in [0.15, 0.2) is 0 Å². The molecule has 1 atom stereocenters. The number of aliphatic hydroxyl groups is 1. The van der Waals surface area contributed by atoms with E-state index in [0.29, 0.717) is 24.5 Å². The lowest BCUT2D eigenvalue weighted by molar-refractivity contribution is 0.0697. The fraction of sp³-hybridized carbons (Fsp3) is 0.385. The van der Waals surface area contributed by atoms with E-state index in [9.17, 15) is 5.11 Å². The number of anilines is 2. The molecule has 1 unspecified atom stereocenters. The van der Waals surface area contributed by atoms with Gasteiger partial charge >= 0.3 is 0 Å². The molecule has 0 saturated heterocycles. The molecule has 0 radical (unpaired) electrons. The largest absolute Gasteiger partial charge is 0.399 e. The molecular weight excluding hydrogens is 228 g/mol. The highest BCUT2D eigenvalue weighted by atomic mass is 16.3. The molecule has 0 aliphatic carbocycles. The van der Waals surface area contributed by atoms with E-state index in [4.69, 9.17) is 5.73 Å². The molecule has 0 saturated carbocycles. The first kappa shape index (κ1) is 12.6. The Morgan fingerprint density at radius 1 is 1.39 bits per heavy atom. The second-order valence-electron chi connectivity index (χ2n) is 4.70. The van der Waals surface area contributed by atoms with Crippen LogP contribution in [0.15, 0.2) is 24.5 Å². The summed E-state index contributed by atoms with van der Waals surface area (Å²) < 4.78 is 0. The van der Waals surface area contributed by atoms with Gasteiger partial charge in [-0.05, 0) is 31.5 Å². The highest BCUT2D eigenvalue weighted by Crippen LogP contribution is 2.22. The van der Waals surface area contributed by atoms with E-state index in [-0.39, 0.29) is 0 Å². The zero-order chi connectivity index (χ0) is 13.2. The van der Waals surface area contributed by atoms with Crippen molar-refractivity contribution in [1.82, 2.24) is 9.97 Å². The fourth-order valence-electron chi connectivity index (χ4n) is 1.61. The summed E-state index contributed by atoms with van der Waals surface area (Å²) in [6.07, 6.45) is 2.17. The zero-order valence-corrected chi connectivity index (χ0v) is 10.6. The van der Waals surface area contributed by atoms with Crippen LogP contribution in [0.25, 0.3) is 10.9 Å². The van der Waals surface area contributed by atoms with Crippen LogP contribution in [0, 0.1) is 0 Å². The topological polar surface area (TPSA) is 84.1 Å². The molecule has 2 rings (SSSR count). The Morgan fingerprint density at radius 2 is 2.17 bits per heavy atom. The van der Waals surface area contributed by atoms with Crippen molar-refractivity contribution < 1.29 is 5.11 Å². The summed E-state index contributed by atoms with van der Waals surface area (Å²) in [5.41, 5.74) is 6.44. The molecule has 1 aromatic heterocycles. The quantitative estimate of drug-likeness (QED) is 0.716. The van der Waals surface area contributed by atoms with Crippen molar-refractivity contribution >= 4 is 22.4 Å². The van der Waals surface area contributed by atoms with E-state index in [1.54, 1.807) is 13.0 Å². The molecule has 0 aliphatic heterocycles. The molecule has 5 heteroatoms.